The first kappa shape index (κ1) is 12.8. The van der Waals surface area contributed by atoms with Crippen LogP contribution in [0.2, 0.25) is 0 Å². The van der Waals surface area contributed by atoms with Crippen molar-refractivity contribution in [2.24, 2.45) is 0 Å². The van der Waals surface area contributed by atoms with Crippen molar-refractivity contribution in [1.29, 1.82) is 0 Å². The molecule has 0 heterocycles. The van der Waals surface area contributed by atoms with Crippen molar-refractivity contribution in [3.8, 4) is 0 Å². The molecule has 80 valence electrons. The summed E-state index contributed by atoms with van der Waals surface area (Å²) < 4.78 is 10.6. The number of rotatable bonds is 5. The van der Waals surface area contributed by atoms with Crippen LogP contribution in [0, 0.1) is 0 Å². The number of aliphatic hydroxyl groups excluding tert-OH is 2. The van der Waals surface area contributed by atoms with E-state index in [4.69, 9.17) is 19.7 Å². The van der Waals surface area contributed by atoms with Gasteiger partial charge in [0.1, 0.15) is 0 Å². The lowest BCUT2D eigenvalue weighted by atomic mass is 10.2. The topological polar surface area (TPSA) is 58.9 Å². The molecule has 0 aromatic heterocycles. The fraction of sp³-hybridized carbons (Fsp3) is 1.00. The van der Waals surface area contributed by atoms with Crippen LogP contribution >= 0.6 is 0 Å². The molecule has 4 nitrogen and oxygen atoms in total. The summed E-state index contributed by atoms with van der Waals surface area (Å²) in [7, 11) is 0. The van der Waals surface area contributed by atoms with E-state index in [-0.39, 0.29) is 24.9 Å². The molecule has 13 heavy (non-hydrogen) atoms. The molecule has 2 atom stereocenters. The zero-order valence-electron chi connectivity index (χ0n) is 8.78. The van der Waals surface area contributed by atoms with Crippen LogP contribution in [0.1, 0.15) is 27.7 Å². The Morgan fingerprint density at radius 3 is 2.00 bits per heavy atom. The SMILES string of the molecule is CC(CO)OC(CO)OC(C)(C)C. The highest BCUT2D eigenvalue weighted by molar-refractivity contribution is 4.61. The van der Waals surface area contributed by atoms with Crippen LogP contribution in [0.5, 0.6) is 0 Å². The Kier molecular flexibility index (Phi) is 5.48. The van der Waals surface area contributed by atoms with Crippen LogP contribution in [-0.4, -0.2) is 41.4 Å². The summed E-state index contributed by atoms with van der Waals surface area (Å²) in [6, 6.07) is 0. The number of hydrogen-bond donors (Lipinski definition) is 2. The van der Waals surface area contributed by atoms with Crippen LogP contribution in [0.15, 0.2) is 0 Å². The van der Waals surface area contributed by atoms with Crippen LogP contribution in [0.25, 0.3) is 0 Å². The molecule has 0 fully saturated rings. The number of aliphatic hydroxyl groups is 2. The lowest BCUT2D eigenvalue weighted by molar-refractivity contribution is -0.230. The largest absolute Gasteiger partial charge is 0.394 e. The minimum Gasteiger partial charge on any atom is -0.394 e. The second-order valence-corrected chi connectivity index (χ2v) is 3.97. The maximum absolute atomic E-state index is 8.90. The van der Waals surface area contributed by atoms with E-state index in [2.05, 4.69) is 0 Å². The Balaban J connectivity index is 3.89. The van der Waals surface area contributed by atoms with Gasteiger partial charge in [0.05, 0.1) is 24.9 Å². The molecule has 0 spiro atoms. The van der Waals surface area contributed by atoms with Crippen LogP contribution in [0.3, 0.4) is 0 Å². The second kappa shape index (κ2) is 5.54. The summed E-state index contributed by atoms with van der Waals surface area (Å²) in [5.74, 6) is 0. The average Bonchev–Trinajstić information content (AvgIpc) is 2.00. The zero-order valence-corrected chi connectivity index (χ0v) is 8.78. The Labute approximate surface area is 79.5 Å². The molecule has 2 unspecified atom stereocenters. The first-order chi connectivity index (χ1) is 5.89. The van der Waals surface area contributed by atoms with Crippen molar-refractivity contribution in [2.75, 3.05) is 13.2 Å². The third-order valence-electron chi connectivity index (χ3n) is 1.28. The number of hydrogen-bond acceptors (Lipinski definition) is 4. The summed E-state index contributed by atoms with van der Waals surface area (Å²) in [6.45, 7) is 7.06. The first-order valence-corrected chi connectivity index (χ1v) is 4.44. The van der Waals surface area contributed by atoms with Gasteiger partial charge in [-0.2, -0.15) is 0 Å². The van der Waals surface area contributed by atoms with Gasteiger partial charge in [-0.15, -0.1) is 0 Å². The van der Waals surface area contributed by atoms with Gasteiger partial charge in [0.25, 0.3) is 0 Å². The van der Waals surface area contributed by atoms with Gasteiger partial charge in [-0.3, -0.25) is 0 Å². The second-order valence-electron chi connectivity index (χ2n) is 3.97. The van der Waals surface area contributed by atoms with Gasteiger partial charge < -0.3 is 19.7 Å². The first-order valence-electron chi connectivity index (χ1n) is 4.44. The Hall–Kier alpha value is -0.160. The highest BCUT2D eigenvalue weighted by Gasteiger charge is 2.20. The maximum atomic E-state index is 8.90. The fourth-order valence-electron chi connectivity index (χ4n) is 0.805. The summed E-state index contributed by atoms with van der Waals surface area (Å²) >= 11 is 0. The molecule has 0 bridgehead atoms. The van der Waals surface area contributed by atoms with E-state index in [1.165, 1.54) is 0 Å². The van der Waals surface area contributed by atoms with Crippen molar-refractivity contribution in [3.05, 3.63) is 0 Å². The van der Waals surface area contributed by atoms with Gasteiger partial charge in [0.2, 0.25) is 0 Å². The fourth-order valence-corrected chi connectivity index (χ4v) is 0.805. The van der Waals surface area contributed by atoms with E-state index in [9.17, 15) is 0 Å². The van der Waals surface area contributed by atoms with Gasteiger partial charge in [-0.1, -0.05) is 0 Å². The predicted octanol–water partition coefficient (Wildman–Crippen LogP) is 0.517. The summed E-state index contributed by atoms with van der Waals surface area (Å²) in [5, 5.41) is 17.6. The zero-order chi connectivity index (χ0) is 10.5. The molecule has 4 heteroatoms. The predicted molar refractivity (Wildman–Crippen MR) is 49.3 cm³/mol. The standard InChI is InChI=1S/C9H20O4/c1-7(5-10)12-8(6-11)13-9(2,3)4/h7-8,10-11H,5-6H2,1-4H3. The molecule has 0 aromatic carbocycles. The quantitative estimate of drug-likeness (QED) is 0.623. The third-order valence-corrected chi connectivity index (χ3v) is 1.28. The maximum Gasteiger partial charge on any atom is 0.181 e. The molecule has 0 rings (SSSR count). The molecule has 0 saturated carbocycles. The Bertz CT molecular complexity index is 130. The van der Waals surface area contributed by atoms with Crippen molar-refractivity contribution in [3.63, 3.8) is 0 Å². The number of ether oxygens (including phenoxy) is 2. The summed E-state index contributed by atoms with van der Waals surface area (Å²) in [4.78, 5) is 0. The van der Waals surface area contributed by atoms with Gasteiger partial charge in [-0.05, 0) is 27.7 Å². The van der Waals surface area contributed by atoms with E-state index in [1.807, 2.05) is 20.8 Å². The van der Waals surface area contributed by atoms with Crippen LogP contribution in [-0.2, 0) is 9.47 Å². The van der Waals surface area contributed by atoms with E-state index in [0.29, 0.717) is 0 Å². The van der Waals surface area contributed by atoms with Gasteiger partial charge in [0.15, 0.2) is 6.29 Å². The molecular formula is C9H20O4. The van der Waals surface area contributed by atoms with Gasteiger partial charge >= 0.3 is 0 Å². The highest BCUT2D eigenvalue weighted by atomic mass is 16.7. The Morgan fingerprint density at radius 2 is 1.69 bits per heavy atom. The monoisotopic (exact) mass is 192 g/mol. The van der Waals surface area contributed by atoms with Gasteiger partial charge in [0, 0.05) is 0 Å². The van der Waals surface area contributed by atoms with Crippen LogP contribution in [0.4, 0.5) is 0 Å². The van der Waals surface area contributed by atoms with Crippen molar-refractivity contribution < 1.29 is 19.7 Å². The Morgan fingerprint density at radius 1 is 1.15 bits per heavy atom. The molecule has 0 radical (unpaired) electrons. The van der Waals surface area contributed by atoms with E-state index >= 15 is 0 Å². The van der Waals surface area contributed by atoms with E-state index in [1.54, 1.807) is 6.92 Å². The van der Waals surface area contributed by atoms with Gasteiger partial charge in [-0.25, -0.2) is 0 Å². The van der Waals surface area contributed by atoms with E-state index < -0.39 is 6.29 Å². The molecular weight excluding hydrogens is 172 g/mol. The summed E-state index contributed by atoms with van der Waals surface area (Å²) in [5.41, 5.74) is -0.359. The minimum atomic E-state index is -0.665. The summed E-state index contributed by atoms with van der Waals surface area (Å²) in [6.07, 6.45) is -0.985. The van der Waals surface area contributed by atoms with Crippen molar-refractivity contribution in [2.45, 2.75) is 45.7 Å². The molecule has 0 saturated heterocycles. The molecule has 2 N–H and O–H groups in total. The third kappa shape index (κ3) is 6.95. The minimum absolute atomic E-state index is 0.0794. The molecule has 0 aromatic rings. The molecule has 0 aliphatic carbocycles. The van der Waals surface area contributed by atoms with E-state index in [0.717, 1.165) is 0 Å². The lowest BCUT2D eigenvalue weighted by Crippen LogP contribution is -2.35. The molecule has 0 amide bonds. The smallest absolute Gasteiger partial charge is 0.181 e. The molecule has 0 aliphatic heterocycles. The van der Waals surface area contributed by atoms with Crippen LogP contribution < -0.4 is 0 Å². The molecule has 0 aliphatic rings. The van der Waals surface area contributed by atoms with Crippen molar-refractivity contribution in [1.82, 2.24) is 0 Å². The highest BCUT2D eigenvalue weighted by Crippen LogP contribution is 2.12. The van der Waals surface area contributed by atoms with Crippen molar-refractivity contribution >= 4 is 0 Å². The normalized spacial score (nSPS) is 17.1. The average molecular weight is 192 g/mol. The lowest BCUT2D eigenvalue weighted by Gasteiger charge is -2.27.